The van der Waals surface area contributed by atoms with E-state index in [9.17, 15) is 27.9 Å². The second-order valence-electron chi connectivity index (χ2n) is 11.3. The Morgan fingerprint density at radius 1 is 1.17 bits per heavy atom. The van der Waals surface area contributed by atoms with Crippen molar-refractivity contribution in [2.24, 2.45) is 13.0 Å². The molecule has 3 aromatic rings. The lowest BCUT2D eigenvalue weighted by Gasteiger charge is -2.39. The zero-order valence-corrected chi connectivity index (χ0v) is 26.3. The maximum atomic E-state index is 13.8. The first kappa shape index (κ1) is 33.5. The number of aliphatic hydroxyl groups is 1. The van der Waals surface area contributed by atoms with Gasteiger partial charge in [-0.05, 0) is 38.1 Å². The Hall–Kier alpha value is -3.90. The summed E-state index contributed by atoms with van der Waals surface area (Å²) in [5.41, 5.74) is -0.515. The summed E-state index contributed by atoms with van der Waals surface area (Å²) in [5, 5.41) is 20.9. The van der Waals surface area contributed by atoms with E-state index < -0.39 is 24.0 Å². The molecule has 2 aromatic heterocycles. The Kier molecular flexibility index (Phi) is 10.4. The molecule has 246 valence electrons. The van der Waals surface area contributed by atoms with Crippen LogP contribution in [0, 0.1) is 17.8 Å². The zero-order chi connectivity index (χ0) is 33.0. The minimum absolute atomic E-state index is 0.0119. The molecule has 46 heavy (non-hydrogen) atoms. The lowest BCUT2D eigenvalue weighted by Crippen LogP contribution is -2.52. The molecule has 2 fully saturated rings. The maximum Gasteiger partial charge on any atom is 0.435 e. The van der Waals surface area contributed by atoms with Crippen molar-refractivity contribution >= 4 is 29.1 Å². The van der Waals surface area contributed by atoms with E-state index in [-0.39, 0.29) is 40.5 Å². The van der Waals surface area contributed by atoms with Gasteiger partial charge in [-0.25, -0.2) is 4.98 Å². The smallest absolute Gasteiger partial charge is 0.374 e. The molecule has 0 radical (unpaired) electrons. The molecule has 15 heteroatoms. The predicted octanol–water partition coefficient (Wildman–Crippen LogP) is 3.76. The molecular formula is C31H36ClF3N8O3. The molecule has 2 aliphatic heterocycles. The van der Waals surface area contributed by atoms with Gasteiger partial charge in [0, 0.05) is 68.0 Å². The maximum absolute atomic E-state index is 13.8. The third kappa shape index (κ3) is 7.39. The highest BCUT2D eigenvalue weighted by atomic mass is 35.5. The zero-order valence-electron chi connectivity index (χ0n) is 25.6. The molecule has 4 heterocycles. The third-order valence-electron chi connectivity index (χ3n) is 8.24. The number of amides is 2. The van der Waals surface area contributed by atoms with E-state index in [0.29, 0.717) is 43.9 Å². The Balaban J connectivity index is 1.24. The quantitative estimate of drug-likeness (QED) is 0.330. The molecule has 5 rings (SSSR count). The number of rotatable bonds is 7. The molecule has 2 amide bonds. The minimum atomic E-state index is -4.73. The van der Waals surface area contributed by atoms with Crippen molar-refractivity contribution in [3.8, 4) is 23.1 Å². The van der Waals surface area contributed by atoms with Crippen molar-refractivity contribution in [1.82, 2.24) is 34.4 Å². The molecule has 0 bridgehead atoms. The number of alkyl halides is 3. The number of imidazole rings is 1. The third-order valence-corrected chi connectivity index (χ3v) is 8.56. The molecule has 2 saturated heterocycles. The molecule has 1 unspecified atom stereocenters. The number of piperidine rings is 1. The van der Waals surface area contributed by atoms with Gasteiger partial charge < -0.3 is 25.2 Å². The molecule has 0 spiro atoms. The molecule has 0 saturated carbocycles. The number of nitrogens with zero attached hydrogens (tertiary/aromatic N) is 6. The Labute approximate surface area is 269 Å². The first-order valence-corrected chi connectivity index (χ1v) is 15.5. The summed E-state index contributed by atoms with van der Waals surface area (Å²) in [7, 11) is 1.44. The summed E-state index contributed by atoms with van der Waals surface area (Å²) in [6.45, 7) is 5.49. The van der Waals surface area contributed by atoms with Gasteiger partial charge >= 0.3 is 6.18 Å². The lowest BCUT2D eigenvalue weighted by atomic mass is 9.96. The summed E-state index contributed by atoms with van der Waals surface area (Å²) in [6, 6.07) is 4.67. The van der Waals surface area contributed by atoms with Gasteiger partial charge in [0.25, 0.3) is 5.91 Å². The van der Waals surface area contributed by atoms with E-state index in [1.807, 2.05) is 16.7 Å². The van der Waals surface area contributed by atoms with E-state index >= 15 is 0 Å². The molecular weight excluding hydrogens is 625 g/mol. The molecule has 1 atom stereocenters. The van der Waals surface area contributed by atoms with Crippen LogP contribution in [0.1, 0.15) is 54.3 Å². The summed E-state index contributed by atoms with van der Waals surface area (Å²) >= 11 is 6.52. The van der Waals surface area contributed by atoms with Crippen molar-refractivity contribution in [2.45, 2.75) is 45.1 Å². The highest BCUT2D eigenvalue weighted by molar-refractivity contribution is 6.31. The number of piperazine rings is 1. The van der Waals surface area contributed by atoms with Crippen molar-refractivity contribution in [3.05, 3.63) is 52.7 Å². The van der Waals surface area contributed by atoms with Crippen LogP contribution in [0.15, 0.2) is 30.6 Å². The van der Waals surface area contributed by atoms with Crippen LogP contribution < -0.4 is 10.6 Å². The lowest BCUT2D eigenvalue weighted by molar-refractivity contribution is -0.141. The average molecular weight is 661 g/mol. The van der Waals surface area contributed by atoms with Gasteiger partial charge in [0.05, 0.1) is 17.5 Å². The van der Waals surface area contributed by atoms with E-state index in [0.717, 1.165) is 30.6 Å². The van der Waals surface area contributed by atoms with Gasteiger partial charge in [0.1, 0.15) is 12.8 Å². The summed E-state index contributed by atoms with van der Waals surface area (Å²) < 4.78 is 43.8. The molecule has 11 nitrogen and oxygen atoms in total. The highest BCUT2D eigenvalue weighted by Crippen LogP contribution is 2.36. The van der Waals surface area contributed by atoms with Crippen molar-refractivity contribution in [3.63, 3.8) is 0 Å². The number of aromatic nitrogens is 4. The Morgan fingerprint density at radius 2 is 1.89 bits per heavy atom. The number of aliphatic hydroxyl groups excluding tert-OH is 1. The number of hydrogen-bond donors (Lipinski definition) is 3. The summed E-state index contributed by atoms with van der Waals surface area (Å²) in [6.07, 6.45) is -1.08. The van der Waals surface area contributed by atoms with Gasteiger partial charge in [-0.1, -0.05) is 30.5 Å². The predicted molar refractivity (Wildman–Crippen MR) is 166 cm³/mol. The number of nitrogens with one attached hydrogen (secondary N) is 2. The molecule has 2 aliphatic rings. The van der Waals surface area contributed by atoms with E-state index in [4.69, 9.17) is 11.6 Å². The number of carbonyl (C=O) groups excluding carboxylic acids is 2. The van der Waals surface area contributed by atoms with Crippen LogP contribution in [-0.2, 0) is 24.6 Å². The van der Waals surface area contributed by atoms with Gasteiger partial charge in [-0.15, -0.1) is 5.92 Å². The monoisotopic (exact) mass is 660 g/mol. The normalized spacial score (nSPS) is 17.0. The second-order valence-corrected chi connectivity index (χ2v) is 11.7. The van der Waals surface area contributed by atoms with Gasteiger partial charge in [0.15, 0.2) is 11.5 Å². The molecule has 3 N–H and O–H groups in total. The topological polar surface area (TPSA) is 121 Å². The fourth-order valence-corrected chi connectivity index (χ4v) is 6.02. The summed E-state index contributed by atoms with van der Waals surface area (Å²) in [5.74, 6) is 4.98. The molecule has 0 aliphatic carbocycles. The highest BCUT2D eigenvalue weighted by Gasteiger charge is 2.38. The average Bonchev–Trinajstić information content (AvgIpc) is 3.64. The minimum Gasteiger partial charge on any atom is -0.374 e. The Bertz CT molecular complexity index is 1630. The van der Waals surface area contributed by atoms with E-state index in [2.05, 4.69) is 32.6 Å². The van der Waals surface area contributed by atoms with Gasteiger partial charge in [0.2, 0.25) is 5.91 Å². The van der Waals surface area contributed by atoms with E-state index in [1.165, 1.54) is 30.1 Å². The SMILES string of the molecule is CCC#CCn1cc(-c2cnc(C(=O)Nc3ccc(C(O)N4CCN(C(=O)C5CCNCC5)CC4)c(Cl)c3)n2C)c(C(F)(F)F)n1. The van der Waals surface area contributed by atoms with Crippen LogP contribution in [0.5, 0.6) is 0 Å². The Morgan fingerprint density at radius 3 is 2.54 bits per heavy atom. The van der Waals surface area contributed by atoms with Crippen molar-refractivity contribution < 1.29 is 27.9 Å². The van der Waals surface area contributed by atoms with Crippen LogP contribution in [0.3, 0.4) is 0 Å². The van der Waals surface area contributed by atoms with Crippen LogP contribution in [-0.4, -0.2) is 85.3 Å². The number of hydrogen-bond acceptors (Lipinski definition) is 7. The fraction of sp³-hybridized carbons (Fsp3) is 0.484. The number of carbonyl (C=O) groups is 2. The first-order chi connectivity index (χ1) is 22.0. The fourth-order valence-electron chi connectivity index (χ4n) is 5.74. The second kappa shape index (κ2) is 14.3. The van der Waals surface area contributed by atoms with Crippen molar-refractivity contribution in [2.75, 3.05) is 44.6 Å². The van der Waals surface area contributed by atoms with Crippen LogP contribution >= 0.6 is 11.6 Å². The number of halogens is 4. The van der Waals surface area contributed by atoms with Gasteiger partial charge in [-0.2, -0.15) is 18.3 Å². The van der Waals surface area contributed by atoms with Crippen LogP contribution in [0.25, 0.3) is 11.3 Å². The largest absolute Gasteiger partial charge is 0.435 e. The van der Waals surface area contributed by atoms with Crippen LogP contribution in [0.2, 0.25) is 5.02 Å². The number of anilines is 1. The molecule has 1 aromatic carbocycles. The first-order valence-electron chi connectivity index (χ1n) is 15.1. The van der Waals surface area contributed by atoms with Crippen molar-refractivity contribution in [1.29, 1.82) is 0 Å². The standard InChI is InChI=1S/C31H36ClF3N8O3/c1-3-4-5-12-43-19-23(26(39-43)31(33,34)35)25-18-37-27(40(25)2)28(44)38-21-6-7-22(24(32)17-21)30(46)42-15-13-41(14-16-42)29(45)20-8-10-36-11-9-20/h6-7,17-20,30,36,46H,3,8-16H2,1-2H3,(H,38,44). The van der Waals surface area contributed by atoms with Gasteiger partial charge in [-0.3, -0.25) is 19.2 Å². The summed E-state index contributed by atoms with van der Waals surface area (Å²) in [4.78, 5) is 33.8. The number of benzene rings is 1. The van der Waals surface area contributed by atoms with Crippen LogP contribution in [0.4, 0.5) is 18.9 Å². The van der Waals surface area contributed by atoms with E-state index in [1.54, 1.807) is 12.1 Å².